The average Bonchev–Trinajstić information content (AvgIpc) is 2.97. The standard InChI is InChI=1S/C23H24BN5O4/c1-11(2)9-28-20(30)14-6-7-16(24)19(17(14)22(28)32)27-26-18-13(5)15(8-25)21(31)29(23(18)33)10-12(3)4/h6-7,11-12,31H,9-10H2,1-5H3/p-1. The number of rotatable bonds is 6. The van der Waals surface area contributed by atoms with Gasteiger partial charge in [0.1, 0.15) is 13.9 Å². The smallest absolute Gasteiger partial charge is 0.278 e. The first-order chi connectivity index (χ1) is 15.5. The number of imide groups is 1. The van der Waals surface area contributed by atoms with Gasteiger partial charge in [0, 0.05) is 18.7 Å². The topological polar surface area (TPSA) is 131 Å². The van der Waals surface area contributed by atoms with Crippen molar-refractivity contribution >= 4 is 36.5 Å². The van der Waals surface area contributed by atoms with Crippen LogP contribution in [0, 0.1) is 30.1 Å². The van der Waals surface area contributed by atoms with E-state index in [1.165, 1.54) is 19.1 Å². The maximum atomic E-state index is 13.0. The first kappa shape index (κ1) is 23.9. The number of nitriles is 1. The molecule has 0 bridgehead atoms. The van der Waals surface area contributed by atoms with E-state index in [4.69, 9.17) is 7.85 Å². The third-order valence-corrected chi connectivity index (χ3v) is 5.24. The molecule has 2 aromatic rings. The van der Waals surface area contributed by atoms with E-state index in [2.05, 4.69) is 10.2 Å². The van der Waals surface area contributed by atoms with Crippen molar-refractivity contribution in [3.8, 4) is 11.9 Å². The van der Waals surface area contributed by atoms with Gasteiger partial charge in [-0.25, -0.2) is 0 Å². The molecule has 1 aromatic heterocycles. The summed E-state index contributed by atoms with van der Waals surface area (Å²) < 4.78 is 0.961. The first-order valence-electron chi connectivity index (χ1n) is 10.5. The Morgan fingerprint density at radius 1 is 1.03 bits per heavy atom. The fourth-order valence-electron chi connectivity index (χ4n) is 3.69. The van der Waals surface area contributed by atoms with Crippen LogP contribution in [-0.4, -0.2) is 35.7 Å². The van der Waals surface area contributed by atoms with E-state index in [1.807, 2.05) is 33.8 Å². The van der Waals surface area contributed by atoms with Crippen LogP contribution in [0.1, 0.15) is 59.5 Å². The third-order valence-electron chi connectivity index (χ3n) is 5.24. The van der Waals surface area contributed by atoms with Gasteiger partial charge in [-0.2, -0.15) is 10.4 Å². The van der Waals surface area contributed by atoms with Crippen LogP contribution >= 0.6 is 0 Å². The number of nitrogens with zero attached hydrogens (tertiary/aromatic N) is 5. The van der Waals surface area contributed by atoms with Crippen molar-refractivity contribution in [2.24, 2.45) is 22.1 Å². The molecule has 0 saturated heterocycles. The highest BCUT2D eigenvalue weighted by Gasteiger charge is 2.38. The van der Waals surface area contributed by atoms with Crippen LogP contribution in [0.15, 0.2) is 27.2 Å². The van der Waals surface area contributed by atoms with Gasteiger partial charge in [-0.15, -0.1) is 5.11 Å². The summed E-state index contributed by atoms with van der Waals surface area (Å²) in [6.07, 6.45) is 0. The summed E-state index contributed by atoms with van der Waals surface area (Å²) in [7, 11) is 6.04. The molecule has 2 amide bonds. The quantitative estimate of drug-likeness (QED) is 0.383. The SMILES string of the molecule is [B]c1ccc2c(c1N=Nc1c(C)c(C#N)c([O-])n(CC(C)C)c1=O)C(=O)N(CC(C)C)C2=O. The van der Waals surface area contributed by atoms with Gasteiger partial charge in [-0.1, -0.05) is 39.2 Å². The van der Waals surface area contributed by atoms with E-state index in [1.54, 1.807) is 0 Å². The molecule has 10 heteroatoms. The van der Waals surface area contributed by atoms with Gasteiger partial charge in [0.2, 0.25) is 0 Å². The minimum Gasteiger partial charge on any atom is -0.859 e. The van der Waals surface area contributed by atoms with Gasteiger partial charge < -0.3 is 9.67 Å². The fourth-order valence-corrected chi connectivity index (χ4v) is 3.69. The molecule has 3 rings (SSSR count). The normalized spacial score (nSPS) is 13.5. The van der Waals surface area contributed by atoms with E-state index in [-0.39, 0.29) is 64.0 Å². The van der Waals surface area contributed by atoms with Gasteiger partial charge in [-0.05, 0) is 30.7 Å². The summed E-state index contributed by atoms with van der Waals surface area (Å²) in [6.45, 7) is 9.21. The maximum absolute atomic E-state index is 13.0. The van der Waals surface area contributed by atoms with E-state index in [9.17, 15) is 24.8 Å². The van der Waals surface area contributed by atoms with Crippen LogP contribution < -0.4 is 16.1 Å². The van der Waals surface area contributed by atoms with Crippen LogP contribution in [0.4, 0.5) is 11.4 Å². The summed E-state index contributed by atoms with van der Waals surface area (Å²) in [6, 6.07) is 4.74. The molecular weight excluding hydrogens is 421 g/mol. The average molecular weight is 444 g/mol. The van der Waals surface area contributed by atoms with Crippen molar-refractivity contribution in [2.75, 3.05) is 6.54 Å². The summed E-state index contributed by atoms with van der Waals surface area (Å²) in [5, 5.41) is 30.1. The number of carbonyl (C=O) groups excluding carboxylic acids is 2. The Morgan fingerprint density at radius 2 is 1.64 bits per heavy atom. The Balaban J connectivity index is 2.18. The number of amides is 2. The summed E-state index contributed by atoms with van der Waals surface area (Å²) >= 11 is 0. The Kier molecular flexibility index (Phi) is 6.54. The highest BCUT2D eigenvalue weighted by atomic mass is 16.3. The summed E-state index contributed by atoms with van der Waals surface area (Å²) in [4.78, 5) is 39.8. The molecule has 0 fully saturated rings. The number of pyridine rings is 1. The molecule has 2 radical (unpaired) electrons. The number of hydrogen-bond donors (Lipinski definition) is 0. The number of aromatic nitrogens is 1. The van der Waals surface area contributed by atoms with Crippen molar-refractivity contribution in [3.05, 3.63) is 44.7 Å². The molecule has 1 aromatic carbocycles. The zero-order chi connectivity index (χ0) is 24.6. The third kappa shape index (κ3) is 4.18. The van der Waals surface area contributed by atoms with Crippen molar-refractivity contribution in [1.82, 2.24) is 9.47 Å². The first-order valence-corrected chi connectivity index (χ1v) is 10.5. The molecule has 0 N–H and O–H groups in total. The highest BCUT2D eigenvalue weighted by molar-refractivity contribution is 6.38. The van der Waals surface area contributed by atoms with E-state index >= 15 is 0 Å². The minimum atomic E-state index is -0.691. The van der Waals surface area contributed by atoms with Gasteiger partial charge in [-0.3, -0.25) is 19.3 Å². The Labute approximate surface area is 192 Å². The van der Waals surface area contributed by atoms with Crippen molar-refractivity contribution < 1.29 is 14.7 Å². The second kappa shape index (κ2) is 9.02. The number of fused-ring (bicyclic) bond motifs is 1. The van der Waals surface area contributed by atoms with Crippen molar-refractivity contribution in [2.45, 2.75) is 41.2 Å². The molecule has 168 valence electrons. The zero-order valence-corrected chi connectivity index (χ0v) is 19.2. The van der Waals surface area contributed by atoms with E-state index in [0.717, 1.165) is 9.47 Å². The Morgan fingerprint density at radius 3 is 2.21 bits per heavy atom. The van der Waals surface area contributed by atoms with Gasteiger partial charge in [0.15, 0.2) is 5.69 Å². The molecule has 1 aliphatic rings. The number of azo groups is 1. The van der Waals surface area contributed by atoms with Gasteiger partial charge in [0.25, 0.3) is 17.4 Å². The molecule has 2 heterocycles. The highest BCUT2D eigenvalue weighted by Crippen LogP contribution is 2.32. The lowest BCUT2D eigenvalue weighted by molar-refractivity contribution is -0.280. The van der Waals surface area contributed by atoms with Crippen LogP contribution in [0.3, 0.4) is 0 Å². The largest absolute Gasteiger partial charge is 0.859 e. The van der Waals surface area contributed by atoms with Crippen molar-refractivity contribution in [3.63, 3.8) is 0 Å². The lowest BCUT2D eigenvalue weighted by Gasteiger charge is -2.21. The molecule has 0 spiro atoms. The molecular formula is C23H23BN5O4-. The summed E-state index contributed by atoms with van der Waals surface area (Å²) in [5.41, 5.74) is -0.752. The van der Waals surface area contributed by atoms with E-state index < -0.39 is 23.3 Å². The number of hydrogen-bond acceptors (Lipinski definition) is 7. The van der Waals surface area contributed by atoms with Crippen LogP contribution in [0.5, 0.6) is 5.88 Å². The van der Waals surface area contributed by atoms with Crippen molar-refractivity contribution in [1.29, 1.82) is 5.26 Å². The minimum absolute atomic E-state index is 0.0190. The monoisotopic (exact) mass is 444 g/mol. The lowest BCUT2D eigenvalue weighted by atomic mass is 9.90. The second-order valence-corrected chi connectivity index (χ2v) is 8.82. The van der Waals surface area contributed by atoms with Crippen LogP contribution in [0.2, 0.25) is 0 Å². The fraction of sp³-hybridized carbons (Fsp3) is 0.391. The second-order valence-electron chi connectivity index (χ2n) is 8.82. The van der Waals surface area contributed by atoms with Gasteiger partial charge in [0.05, 0.1) is 22.4 Å². The summed E-state index contributed by atoms with van der Waals surface area (Å²) in [5.74, 6) is -1.63. The lowest BCUT2D eigenvalue weighted by Crippen LogP contribution is -2.33. The van der Waals surface area contributed by atoms with Crippen LogP contribution in [0.25, 0.3) is 0 Å². The molecule has 0 unspecified atom stereocenters. The maximum Gasteiger partial charge on any atom is 0.278 e. The molecule has 1 aliphatic heterocycles. The molecule has 0 atom stereocenters. The predicted molar refractivity (Wildman–Crippen MR) is 121 cm³/mol. The van der Waals surface area contributed by atoms with Gasteiger partial charge >= 0.3 is 0 Å². The van der Waals surface area contributed by atoms with E-state index in [0.29, 0.717) is 0 Å². The molecule has 0 aliphatic carbocycles. The Hall–Kier alpha value is -3.74. The number of benzene rings is 1. The molecule has 0 saturated carbocycles. The Bertz CT molecular complexity index is 1290. The zero-order valence-electron chi connectivity index (χ0n) is 19.2. The molecule has 33 heavy (non-hydrogen) atoms. The number of carbonyl (C=O) groups is 2. The van der Waals surface area contributed by atoms with Crippen LogP contribution in [-0.2, 0) is 6.54 Å². The predicted octanol–water partition coefficient (Wildman–Crippen LogP) is 2.22. The molecule has 9 nitrogen and oxygen atoms in total.